The second-order valence-corrected chi connectivity index (χ2v) is 2.95. The first-order chi connectivity index (χ1) is 7.59. The highest BCUT2D eigenvalue weighted by molar-refractivity contribution is 5.79. The van der Waals surface area contributed by atoms with Crippen LogP contribution in [0.4, 0.5) is 8.78 Å². The summed E-state index contributed by atoms with van der Waals surface area (Å²) in [5.41, 5.74) is 0. The van der Waals surface area contributed by atoms with E-state index in [0.29, 0.717) is 6.42 Å². The molecule has 0 bridgehead atoms. The van der Waals surface area contributed by atoms with Crippen LogP contribution in [0.2, 0.25) is 0 Å². The van der Waals surface area contributed by atoms with E-state index in [1.54, 1.807) is 0 Å². The number of ether oxygens (including phenoxy) is 1. The average molecular weight is 228 g/mol. The van der Waals surface area contributed by atoms with Crippen molar-refractivity contribution in [1.82, 2.24) is 0 Å². The molecular formula is C11H10F2O3. The van der Waals surface area contributed by atoms with Crippen molar-refractivity contribution < 1.29 is 23.4 Å². The number of carboxylic acids is 1. The molecule has 1 rings (SSSR count). The fourth-order valence-electron chi connectivity index (χ4n) is 0.996. The summed E-state index contributed by atoms with van der Waals surface area (Å²) in [6.07, 6.45) is 2.79. The standard InChI is InChI=1S/C11H10F2O3/c12-9-5-4-8(7-10(9)13)16-6-2-1-3-11(14)15/h1,3-5,7H,2,6H2,(H,14,15)/b3-1+. The summed E-state index contributed by atoms with van der Waals surface area (Å²) in [4.78, 5) is 10.1. The van der Waals surface area contributed by atoms with Crippen LogP contribution in [-0.4, -0.2) is 17.7 Å². The Morgan fingerprint density at radius 2 is 2.12 bits per heavy atom. The zero-order valence-electron chi connectivity index (χ0n) is 8.32. The number of rotatable bonds is 5. The maximum absolute atomic E-state index is 12.7. The number of hydrogen-bond acceptors (Lipinski definition) is 2. The molecule has 0 fully saturated rings. The minimum Gasteiger partial charge on any atom is -0.493 e. The van der Waals surface area contributed by atoms with Gasteiger partial charge in [-0.3, -0.25) is 0 Å². The van der Waals surface area contributed by atoms with Gasteiger partial charge in [0.25, 0.3) is 0 Å². The number of carbonyl (C=O) groups is 1. The van der Waals surface area contributed by atoms with Crippen LogP contribution in [0.25, 0.3) is 0 Å². The van der Waals surface area contributed by atoms with Crippen LogP contribution in [0.3, 0.4) is 0 Å². The molecule has 1 N–H and O–H groups in total. The van der Waals surface area contributed by atoms with Gasteiger partial charge in [0.2, 0.25) is 0 Å². The molecule has 0 amide bonds. The Kier molecular flexibility index (Phi) is 4.44. The summed E-state index contributed by atoms with van der Waals surface area (Å²) in [5, 5.41) is 8.28. The van der Waals surface area contributed by atoms with Gasteiger partial charge in [0.1, 0.15) is 5.75 Å². The summed E-state index contributed by atoms with van der Waals surface area (Å²) >= 11 is 0. The molecule has 0 saturated carbocycles. The van der Waals surface area contributed by atoms with Crippen molar-refractivity contribution >= 4 is 5.97 Å². The fourth-order valence-corrected chi connectivity index (χ4v) is 0.996. The van der Waals surface area contributed by atoms with E-state index < -0.39 is 17.6 Å². The first-order valence-corrected chi connectivity index (χ1v) is 4.57. The van der Waals surface area contributed by atoms with Crippen LogP contribution in [0.1, 0.15) is 6.42 Å². The second kappa shape index (κ2) is 5.85. The lowest BCUT2D eigenvalue weighted by molar-refractivity contribution is -0.131. The largest absolute Gasteiger partial charge is 0.493 e. The molecule has 0 spiro atoms. The van der Waals surface area contributed by atoms with Gasteiger partial charge in [-0.1, -0.05) is 6.08 Å². The molecule has 0 aliphatic carbocycles. The predicted octanol–water partition coefficient (Wildman–Crippen LogP) is 2.37. The van der Waals surface area contributed by atoms with Gasteiger partial charge in [-0.15, -0.1) is 0 Å². The summed E-state index contributed by atoms with van der Waals surface area (Å²) in [6, 6.07) is 3.22. The van der Waals surface area contributed by atoms with Crippen LogP contribution in [0, 0.1) is 11.6 Å². The van der Waals surface area contributed by atoms with E-state index in [2.05, 4.69) is 0 Å². The lowest BCUT2D eigenvalue weighted by Gasteiger charge is -2.04. The zero-order valence-corrected chi connectivity index (χ0v) is 8.32. The summed E-state index contributed by atoms with van der Waals surface area (Å²) < 4.78 is 30.3. The van der Waals surface area contributed by atoms with E-state index in [-0.39, 0.29) is 12.4 Å². The SMILES string of the molecule is O=C(O)/C=C/CCOc1ccc(F)c(F)c1. The smallest absolute Gasteiger partial charge is 0.327 e. The normalized spacial score (nSPS) is 10.6. The molecule has 0 radical (unpaired) electrons. The van der Waals surface area contributed by atoms with Gasteiger partial charge >= 0.3 is 5.97 Å². The van der Waals surface area contributed by atoms with Crippen molar-refractivity contribution in [3.63, 3.8) is 0 Å². The summed E-state index contributed by atoms with van der Waals surface area (Å²) in [7, 11) is 0. The van der Waals surface area contributed by atoms with Crippen LogP contribution < -0.4 is 4.74 Å². The Hall–Kier alpha value is -1.91. The molecule has 0 unspecified atom stereocenters. The second-order valence-electron chi connectivity index (χ2n) is 2.95. The summed E-state index contributed by atoms with van der Waals surface area (Å²) in [5.74, 6) is -2.73. The number of carboxylic acid groups (broad SMARTS) is 1. The van der Waals surface area contributed by atoms with Crippen molar-refractivity contribution in [1.29, 1.82) is 0 Å². The Labute approximate surface area is 91.0 Å². The van der Waals surface area contributed by atoms with Crippen molar-refractivity contribution in [2.75, 3.05) is 6.61 Å². The number of halogens is 2. The van der Waals surface area contributed by atoms with Crippen molar-refractivity contribution in [2.45, 2.75) is 6.42 Å². The number of hydrogen-bond donors (Lipinski definition) is 1. The Morgan fingerprint density at radius 1 is 1.38 bits per heavy atom. The monoisotopic (exact) mass is 228 g/mol. The molecule has 0 heterocycles. The molecule has 0 atom stereocenters. The third-order valence-corrected chi connectivity index (χ3v) is 1.70. The quantitative estimate of drug-likeness (QED) is 0.621. The average Bonchev–Trinajstić information content (AvgIpc) is 2.22. The van der Waals surface area contributed by atoms with E-state index in [4.69, 9.17) is 9.84 Å². The molecule has 0 aromatic heterocycles. The van der Waals surface area contributed by atoms with Crippen molar-refractivity contribution in [2.24, 2.45) is 0 Å². The molecular weight excluding hydrogens is 218 g/mol. The van der Waals surface area contributed by atoms with E-state index >= 15 is 0 Å². The lowest BCUT2D eigenvalue weighted by Crippen LogP contribution is -1.97. The van der Waals surface area contributed by atoms with E-state index in [1.165, 1.54) is 12.1 Å². The molecule has 1 aromatic carbocycles. The molecule has 0 aliphatic rings. The van der Waals surface area contributed by atoms with E-state index in [0.717, 1.165) is 18.2 Å². The Bertz CT molecular complexity index is 402. The maximum Gasteiger partial charge on any atom is 0.327 e. The Morgan fingerprint density at radius 3 is 2.75 bits per heavy atom. The van der Waals surface area contributed by atoms with Crippen molar-refractivity contribution in [3.05, 3.63) is 42.0 Å². The topological polar surface area (TPSA) is 46.5 Å². The zero-order chi connectivity index (χ0) is 12.0. The van der Waals surface area contributed by atoms with Gasteiger partial charge in [0, 0.05) is 12.1 Å². The minimum absolute atomic E-state index is 0.203. The van der Waals surface area contributed by atoms with Gasteiger partial charge in [-0.05, 0) is 18.6 Å². The van der Waals surface area contributed by atoms with Gasteiger partial charge < -0.3 is 9.84 Å². The Balaban J connectivity index is 2.37. The lowest BCUT2D eigenvalue weighted by atomic mass is 10.3. The third kappa shape index (κ3) is 4.08. The van der Waals surface area contributed by atoms with Crippen molar-refractivity contribution in [3.8, 4) is 5.75 Å². The molecule has 1 aromatic rings. The van der Waals surface area contributed by atoms with Gasteiger partial charge in [0.15, 0.2) is 11.6 Å². The van der Waals surface area contributed by atoms with Gasteiger partial charge in [-0.25, -0.2) is 13.6 Å². The van der Waals surface area contributed by atoms with Gasteiger partial charge in [-0.2, -0.15) is 0 Å². The molecule has 0 aliphatic heterocycles. The first-order valence-electron chi connectivity index (χ1n) is 4.57. The van der Waals surface area contributed by atoms with Crippen LogP contribution in [0.5, 0.6) is 5.75 Å². The molecule has 16 heavy (non-hydrogen) atoms. The molecule has 5 heteroatoms. The van der Waals surface area contributed by atoms with Crippen LogP contribution >= 0.6 is 0 Å². The summed E-state index contributed by atoms with van der Waals surface area (Å²) in [6.45, 7) is 0.203. The minimum atomic E-state index is -1.03. The first kappa shape index (κ1) is 12.2. The predicted molar refractivity (Wildman–Crippen MR) is 53.2 cm³/mol. The van der Waals surface area contributed by atoms with E-state index in [9.17, 15) is 13.6 Å². The molecule has 86 valence electrons. The van der Waals surface area contributed by atoms with E-state index in [1.807, 2.05) is 0 Å². The van der Waals surface area contributed by atoms with Gasteiger partial charge in [0.05, 0.1) is 6.61 Å². The van der Waals surface area contributed by atoms with Crippen LogP contribution in [0.15, 0.2) is 30.4 Å². The highest BCUT2D eigenvalue weighted by atomic mass is 19.2. The number of aliphatic carboxylic acids is 1. The highest BCUT2D eigenvalue weighted by Crippen LogP contribution is 2.15. The fraction of sp³-hybridized carbons (Fsp3) is 0.182. The number of benzene rings is 1. The van der Waals surface area contributed by atoms with Crippen LogP contribution in [-0.2, 0) is 4.79 Å². The highest BCUT2D eigenvalue weighted by Gasteiger charge is 2.02. The molecule has 3 nitrogen and oxygen atoms in total. The molecule has 0 saturated heterocycles. The maximum atomic E-state index is 12.7. The third-order valence-electron chi connectivity index (χ3n) is 1.70.